The zero-order chi connectivity index (χ0) is 32.3. The highest BCUT2D eigenvalue weighted by Crippen LogP contribution is 2.46. The third-order valence-corrected chi connectivity index (χ3v) is 11.0. The highest BCUT2D eigenvalue weighted by Gasteiger charge is 2.20. The fourth-order valence-electron chi connectivity index (χ4n) is 7.43. The maximum atomic E-state index is 3.83. The van der Waals surface area contributed by atoms with E-state index in [1.807, 2.05) is 11.3 Å². The van der Waals surface area contributed by atoms with E-state index < -0.39 is 0 Å². The third kappa shape index (κ3) is 4.62. The van der Waals surface area contributed by atoms with Crippen LogP contribution in [0.4, 0.5) is 17.1 Å². The zero-order valence-corrected chi connectivity index (χ0v) is 27.4. The van der Waals surface area contributed by atoms with E-state index in [1.165, 1.54) is 64.0 Å². The summed E-state index contributed by atoms with van der Waals surface area (Å²) in [6.45, 7) is 0. The van der Waals surface area contributed by atoms with Gasteiger partial charge in [-0.1, -0.05) is 127 Å². The van der Waals surface area contributed by atoms with Crippen molar-refractivity contribution in [2.24, 2.45) is 0 Å². The molecule has 2 aromatic heterocycles. The molecule has 0 saturated heterocycles. The summed E-state index contributed by atoms with van der Waals surface area (Å²) in [5, 5.41) is 7.50. The lowest BCUT2D eigenvalue weighted by atomic mass is 9.98. The Morgan fingerprint density at radius 1 is 0.408 bits per heavy atom. The van der Waals surface area contributed by atoms with Gasteiger partial charge >= 0.3 is 0 Å². The maximum Gasteiger partial charge on any atom is 0.0546 e. The molecule has 2 heterocycles. The first kappa shape index (κ1) is 27.9. The van der Waals surface area contributed by atoms with E-state index in [-0.39, 0.29) is 0 Å². The SMILES string of the molecule is c1ccc(-c2ccc(N(c3ccc4ccccc4c3)c3cc(-c4cccc5c4sc4ccccc45)c4[nH]c5ccccc5c4c3)cc2)cc1. The van der Waals surface area contributed by atoms with Crippen molar-refractivity contribution in [3.63, 3.8) is 0 Å². The van der Waals surface area contributed by atoms with Crippen LogP contribution >= 0.6 is 11.3 Å². The number of anilines is 3. The molecule has 0 spiro atoms. The van der Waals surface area contributed by atoms with Gasteiger partial charge < -0.3 is 9.88 Å². The Kier molecular flexibility index (Phi) is 6.39. The van der Waals surface area contributed by atoms with Crippen molar-refractivity contribution in [2.45, 2.75) is 0 Å². The quantitative estimate of drug-likeness (QED) is 0.198. The van der Waals surface area contributed by atoms with E-state index in [0.717, 1.165) is 28.1 Å². The third-order valence-electron chi connectivity index (χ3n) is 9.78. The number of benzene rings is 8. The molecule has 0 aliphatic heterocycles. The number of aromatic nitrogens is 1. The second kappa shape index (κ2) is 11.2. The molecule has 0 radical (unpaired) electrons. The van der Waals surface area contributed by atoms with Crippen molar-refractivity contribution in [3.05, 3.63) is 176 Å². The molecule has 8 aromatic carbocycles. The summed E-state index contributed by atoms with van der Waals surface area (Å²) in [6, 6.07) is 63.9. The van der Waals surface area contributed by atoms with Gasteiger partial charge in [0.25, 0.3) is 0 Å². The molecule has 230 valence electrons. The van der Waals surface area contributed by atoms with Crippen LogP contribution in [0.15, 0.2) is 176 Å². The Hall–Kier alpha value is -6.16. The molecular weight excluding hydrogens is 613 g/mol. The first-order chi connectivity index (χ1) is 24.3. The molecule has 2 nitrogen and oxygen atoms in total. The summed E-state index contributed by atoms with van der Waals surface area (Å²) >= 11 is 1.88. The lowest BCUT2D eigenvalue weighted by Crippen LogP contribution is -2.10. The number of rotatable bonds is 5. The molecule has 0 saturated carbocycles. The van der Waals surface area contributed by atoms with E-state index in [1.54, 1.807) is 0 Å². The van der Waals surface area contributed by atoms with Gasteiger partial charge in [0, 0.05) is 64.7 Å². The van der Waals surface area contributed by atoms with Crippen LogP contribution in [0.1, 0.15) is 0 Å². The molecule has 0 aliphatic carbocycles. The Morgan fingerprint density at radius 2 is 1.10 bits per heavy atom. The topological polar surface area (TPSA) is 19.0 Å². The van der Waals surface area contributed by atoms with Gasteiger partial charge in [-0.15, -0.1) is 11.3 Å². The minimum atomic E-state index is 1.11. The largest absolute Gasteiger partial charge is 0.354 e. The monoisotopic (exact) mass is 642 g/mol. The van der Waals surface area contributed by atoms with Crippen LogP contribution in [-0.2, 0) is 0 Å². The minimum absolute atomic E-state index is 1.11. The van der Waals surface area contributed by atoms with Gasteiger partial charge in [0.1, 0.15) is 0 Å². The molecule has 10 rings (SSSR count). The lowest BCUT2D eigenvalue weighted by molar-refractivity contribution is 1.29. The van der Waals surface area contributed by atoms with E-state index in [2.05, 4.69) is 186 Å². The minimum Gasteiger partial charge on any atom is -0.354 e. The van der Waals surface area contributed by atoms with Crippen molar-refractivity contribution < 1.29 is 0 Å². The summed E-state index contributed by atoms with van der Waals surface area (Å²) < 4.78 is 2.62. The highest BCUT2D eigenvalue weighted by molar-refractivity contribution is 7.26. The number of thiophene rings is 1. The predicted octanol–water partition coefficient (Wildman–Crippen LogP) is 13.6. The van der Waals surface area contributed by atoms with Crippen molar-refractivity contribution in [2.75, 3.05) is 4.90 Å². The molecule has 10 aromatic rings. The van der Waals surface area contributed by atoms with Gasteiger partial charge in [-0.2, -0.15) is 0 Å². The first-order valence-electron chi connectivity index (χ1n) is 16.7. The van der Waals surface area contributed by atoms with E-state index >= 15 is 0 Å². The second-order valence-electron chi connectivity index (χ2n) is 12.6. The molecule has 3 heteroatoms. The Labute approximate surface area is 288 Å². The second-order valence-corrected chi connectivity index (χ2v) is 13.7. The summed E-state index contributed by atoms with van der Waals surface area (Å²) in [4.78, 5) is 6.24. The first-order valence-corrected chi connectivity index (χ1v) is 17.5. The summed E-state index contributed by atoms with van der Waals surface area (Å²) in [5.41, 5.74) is 10.5. The van der Waals surface area contributed by atoms with E-state index in [0.29, 0.717) is 0 Å². The summed E-state index contributed by atoms with van der Waals surface area (Å²) in [5.74, 6) is 0. The van der Waals surface area contributed by atoms with Gasteiger partial charge in [0.15, 0.2) is 0 Å². The van der Waals surface area contributed by atoms with Crippen molar-refractivity contribution in [1.29, 1.82) is 0 Å². The van der Waals surface area contributed by atoms with Gasteiger partial charge in [0.05, 0.1) is 5.52 Å². The van der Waals surface area contributed by atoms with Crippen LogP contribution in [0.5, 0.6) is 0 Å². The number of hydrogen-bond donors (Lipinski definition) is 1. The molecule has 49 heavy (non-hydrogen) atoms. The summed E-state index contributed by atoms with van der Waals surface area (Å²) in [7, 11) is 0. The average Bonchev–Trinajstić information content (AvgIpc) is 3.74. The molecule has 0 bridgehead atoms. The molecule has 0 aliphatic rings. The van der Waals surface area contributed by atoms with Gasteiger partial charge in [0.2, 0.25) is 0 Å². The van der Waals surface area contributed by atoms with Gasteiger partial charge in [-0.05, 0) is 70.4 Å². The Bertz CT molecular complexity index is 2830. The number of nitrogens with zero attached hydrogens (tertiary/aromatic N) is 1. The van der Waals surface area contributed by atoms with Crippen molar-refractivity contribution >= 4 is 81.1 Å². The number of para-hydroxylation sites is 1. The number of hydrogen-bond acceptors (Lipinski definition) is 2. The Balaban J connectivity index is 1.26. The number of fused-ring (bicyclic) bond motifs is 7. The smallest absolute Gasteiger partial charge is 0.0546 e. The lowest BCUT2D eigenvalue weighted by Gasteiger charge is -2.27. The molecule has 0 amide bonds. The van der Waals surface area contributed by atoms with Crippen molar-refractivity contribution in [3.8, 4) is 22.3 Å². The van der Waals surface area contributed by atoms with Crippen LogP contribution in [-0.4, -0.2) is 4.98 Å². The zero-order valence-electron chi connectivity index (χ0n) is 26.6. The Morgan fingerprint density at radius 3 is 1.98 bits per heavy atom. The van der Waals surface area contributed by atoms with Crippen LogP contribution in [0.2, 0.25) is 0 Å². The fraction of sp³-hybridized carbons (Fsp3) is 0. The molecule has 1 N–H and O–H groups in total. The predicted molar refractivity (Wildman–Crippen MR) is 212 cm³/mol. The van der Waals surface area contributed by atoms with Gasteiger partial charge in [-0.3, -0.25) is 0 Å². The van der Waals surface area contributed by atoms with Crippen LogP contribution < -0.4 is 4.90 Å². The number of H-pyrrole nitrogens is 1. The molecular formula is C46H30N2S. The van der Waals surface area contributed by atoms with E-state index in [9.17, 15) is 0 Å². The van der Waals surface area contributed by atoms with Crippen LogP contribution in [0, 0.1) is 0 Å². The molecule has 0 atom stereocenters. The normalized spacial score (nSPS) is 11.7. The standard InChI is InChI=1S/C46H30N2S/c1-2-11-30(12-3-1)32-21-24-34(25-22-32)48(35-26-23-31-13-4-5-14-33(31)27-35)36-28-41-37-15-6-8-19-43(37)47-45(41)42(29-36)40-18-10-17-39-38-16-7-9-20-44(38)49-46(39)40/h1-29,47H. The van der Waals surface area contributed by atoms with Crippen molar-refractivity contribution in [1.82, 2.24) is 4.98 Å². The number of nitrogens with one attached hydrogen (secondary N) is 1. The van der Waals surface area contributed by atoms with Crippen LogP contribution in [0.3, 0.4) is 0 Å². The molecule has 0 unspecified atom stereocenters. The number of aromatic amines is 1. The van der Waals surface area contributed by atoms with Gasteiger partial charge in [-0.25, -0.2) is 0 Å². The fourth-order valence-corrected chi connectivity index (χ4v) is 8.66. The van der Waals surface area contributed by atoms with E-state index in [4.69, 9.17) is 0 Å². The maximum absolute atomic E-state index is 3.83. The average molecular weight is 643 g/mol. The highest BCUT2D eigenvalue weighted by atomic mass is 32.1. The summed E-state index contributed by atoms with van der Waals surface area (Å²) in [6.07, 6.45) is 0. The molecule has 0 fully saturated rings. The van der Waals surface area contributed by atoms with Crippen LogP contribution in [0.25, 0.3) is 75.0 Å².